The maximum Gasteiger partial charge on any atom is 0.251 e. The fraction of sp³-hybridized carbons (Fsp3) is 0.467. The van der Waals surface area contributed by atoms with Crippen molar-refractivity contribution in [3.05, 3.63) is 29.3 Å². The fourth-order valence-corrected chi connectivity index (χ4v) is 2.22. The standard InChI is InChI=1S/C15H20N2O3/c1-10(6-7-18)9-16-15(20)12-2-4-13-11(8-12)3-5-14(19)17-13/h2,4,8,10,18H,3,5-7,9H2,1H3,(H,16,20)(H,17,19). The van der Waals surface area contributed by atoms with E-state index in [1.165, 1.54) is 0 Å². The van der Waals surface area contributed by atoms with Crippen LogP contribution < -0.4 is 10.6 Å². The Balaban J connectivity index is 1.99. The van der Waals surface area contributed by atoms with Gasteiger partial charge in [0.05, 0.1) is 0 Å². The topological polar surface area (TPSA) is 78.4 Å². The molecule has 1 aromatic rings. The number of aryl methyl sites for hydroxylation is 1. The van der Waals surface area contributed by atoms with Crippen molar-refractivity contribution in [1.82, 2.24) is 5.32 Å². The van der Waals surface area contributed by atoms with Gasteiger partial charge in [-0.05, 0) is 42.5 Å². The van der Waals surface area contributed by atoms with Gasteiger partial charge < -0.3 is 15.7 Å². The van der Waals surface area contributed by atoms with Crippen LogP contribution in [-0.2, 0) is 11.2 Å². The number of benzene rings is 1. The number of nitrogens with one attached hydrogen (secondary N) is 2. The van der Waals surface area contributed by atoms with Crippen LogP contribution in [-0.4, -0.2) is 30.1 Å². The Bertz CT molecular complexity index is 514. The molecule has 0 spiro atoms. The monoisotopic (exact) mass is 276 g/mol. The molecule has 20 heavy (non-hydrogen) atoms. The Labute approximate surface area is 118 Å². The van der Waals surface area contributed by atoms with E-state index < -0.39 is 0 Å². The number of hydrogen-bond donors (Lipinski definition) is 3. The average molecular weight is 276 g/mol. The summed E-state index contributed by atoms with van der Waals surface area (Å²) < 4.78 is 0. The molecule has 1 unspecified atom stereocenters. The third-order valence-corrected chi connectivity index (χ3v) is 3.50. The Hall–Kier alpha value is -1.88. The van der Waals surface area contributed by atoms with E-state index in [-0.39, 0.29) is 24.3 Å². The second-order valence-electron chi connectivity index (χ2n) is 5.25. The Morgan fingerprint density at radius 2 is 2.25 bits per heavy atom. The fourth-order valence-electron chi connectivity index (χ4n) is 2.22. The van der Waals surface area contributed by atoms with Crippen LogP contribution in [0.2, 0.25) is 0 Å². The van der Waals surface area contributed by atoms with Crippen molar-refractivity contribution in [2.24, 2.45) is 5.92 Å². The normalized spacial score (nSPS) is 15.2. The maximum absolute atomic E-state index is 12.0. The number of carbonyl (C=O) groups is 2. The minimum atomic E-state index is -0.116. The minimum absolute atomic E-state index is 0.0209. The highest BCUT2D eigenvalue weighted by Crippen LogP contribution is 2.23. The predicted octanol–water partition coefficient (Wildman–Crippen LogP) is 1.32. The van der Waals surface area contributed by atoms with Crippen LogP contribution in [0.25, 0.3) is 0 Å². The van der Waals surface area contributed by atoms with E-state index in [1.807, 2.05) is 13.0 Å². The molecular weight excluding hydrogens is 256 g/mol. The lowest BCUT2D eigenvalue weighted by molar-refractivity contribution is -0.116. The molecule has 0 radical (unpaired) electrons. The van der Waals surface area contributed by atoms with Gasteiger partial charge in [0.25, 0.3) is 5.91 Å². The molecule has 0 aromatic heterocycles. The number of aliphatic hydroxyl groups is 1. The van der Waals surface area contributed by atoms with Crippen LogP contribution in [0, 0.1) is 5.92 Å². The first-order chi connectivity index (χ1) is 9.60. The molecule has 0 bridgehead atoms. The van der Waals surface area contributed by atoms with Gasteiger partial charge in [0.1, 0.15) is 0 Å². The predicted molar refractivity (Wildman–Crippen MR) is 76.6 cm³/mol. The molecule has 2 amide bonds. The van der Waals surface area contributed by atoms with E-state index >= 15 is 0 Å². The molecule has 0 saturated heterocycles. The largest absolute Gasteiger partial charge is 0.396 e. The third kappa shape index (κ3) is 3.57. The van der Waals surface area contributed by atoms with Gasteiger partial charge in [-0.2, -0.15) is 0 Å². The zero-order valence-corrected chi connectivity index (χ0v) is 11.6. The average Bonchev–Trinajstić information content (AvgIpc) is 2.44. The zero-order chi connectivity index (χ0) is 14.5. The molecule has 1 atom stereocenters. The van der Waals surface area contributed by atoms with E-state index in [9.17, 15) is 9.59 Å². The molecule has 1 heterocycles. The maximum atomic E-state index is 12.0. The molecule has 0 saturated carbocycles. The summed E-state index contributed by atoms with van der Waals surface area (Å²) in [5, 5.41) is 14.5. The van der Waals surface area contributed by atoms with Gasteiger partial charge in [-0.1, -0.05) is 6.92 Å². The van der Waals surface area contributed by atoms with Crippen molar-refractivity contribution < 1.29 is 14.7 Å². The van der Waals surface area contributed by atoms with E-state index in [1.54, 1.807) is 12.1 Å². The quantitative estimate of drug-likeness (QED) is 0.759. The first-order valence-electron chi connectivity index (χ1n) is 6.92. The summed E-state index contributed by atoms with van der Waals surface area (Å²) in [6.45, 7) is 2.67. The van der Waals surface area contributed by atoms with E-state index in [0.29, 0.717) is 31.4 Å². The van der Waals surface area contributed by atoms with Crippen molar-refractivity contribution in [3.63, 3.8) is 0 Å². The molecule has 5 heteroatoms. The van der Waals surface area contributed by atoms with Crippen LogP contribution in [0.15, 0.2) is 18.2 Å². The third-order valence-electron chi connectivity index (χ3n) is 3.50. The molecule has 0 fully saturated rings. The highest BCUT2D eigenvalue weighted by atomic mass is 16.3. The van der Waals surface area contributed by atoms with Crippen molar-refractivity contribution >= 4 is 17.5 Å². The first kappa shape index (κ1) is 14.5. The zero-order valence-electron chi connectivity index (χ0n) is 11.6. The van der Waals surface area contributed by atoms with E-state index in [4.69, 9.17) is 5.11 Å². The number of fused-ring (bicyclic) bond motifs is 1. The number of hydrogen-bond acceptors (Lipinski definition) is 3. The smallest absolute Gasteiger partial charge is 0.251 e. The molecule has 5 nitrogen and oxygen atoms in total. The number of amides is 2. The van der Waals surface area contributed by atoms with Crippen LogP contribution in [0.1, 0.15) is 35.7 Å². The molecule has 0 aliphatic carbocycles. The van der Waals surface area contributed by atoms with E-state index in [2.05, 4.69) is 10.6 Å². The first-order valence-corrected chi connectivity index (χ1v) is 6.92. The second-order valence-corrected chi connectivity index (χ2v) is 5.25. The van der Waals surface area contributed by atoms with E-state index in [0.717, 1.165) is 11.3 Å². The number of anilines is 1. The highest BCUT2D eigenvalue weighted by molar-refractivity contribution is 5.97. The number of aliphatic hydroxyl groups excluding tert-OH is 1. The molecule has 1 aliphatic heterocycles. The van der Waals surface area contributed by atoms with Gasteiger partial charge in [0, 0.05) is 30.8 Å². The van der Waals surface area contributed by atoms with Gasteiger partial charge >= 0.3 is 0 Å². The summed E-state index contributed by atoms with van der Waals surface area (Å²) in [6.07, 6.45) is 1.81. The van der Waals surface area contributed by atoms with Crippen molar-refractivity contribution in [2.75, 3.05) is 18.5 Å². The summed E-state index contributed by atoms with van der Waals surface area (Å²) in [4.78, 5) is 23.3. The lowest BCUT2D eigenvalue weighted by atomic mass is 10.00. The van der Waals surface area contributed by atoms with Crippen LogP contribution in [0.4, 0.5) is 5.69 Å². The van der Waals surface area contributed by atoms with Crippen LogP contribution in [0.3, 0.4) is 0 Å². The summed E-state index contributed by atoms with van der Waals surface area (Å²) >= 11 is 0. The summed E-state index contributed by atoms with van der Waals surface area (Å²) in [5.41, 5.74) is 2.41. The minimum Gasteiger partial charge on any atom is -0.396 e. The molecular formula is C15H20N2O3. The number of rotatable bonds is 5. The highest BCUT2D eigenvalue weighted by Gasteiger charge is 2.16. The van der Waals surface area contributed by atoms with Crippen molar-refractivity contribution in [2.45, 2.75) is 26.2 Å². The Kier molecular flexibility index (Phi) is 4.74. The van der Waals surface area contributed by atoms with Gasteiger partial charge in [-0.25, -0.2) is 0 Å². The van der Waals surface area contributed by atoms with Gasteiger partial charge in [0.15, 0.2) is 0 Å². The second kappa shape index (κ2) is 6.52. The molecule has 3 N–H and O–H groups in total. The van der Waals surface area contributed by atoms with Crippen LogP contribution >= 0.6 is 0 Å². The lowest BCUT2D eigenvalue weighted by Gasteiger charge is -2.17. The Morgan fingerprint density at radius 3 is 3.00 bits per heavy atom. The van der Waals surface area contributed by atoms with Crippen molar-refractivity contribution in [3.8, 4) is 0 Å². The molecule has 108 valence electrons. The van der Waals surface area contributed by atoms with Gasteiger partial charge in [-0.3, -0.25) is 9.59 Å². The SMILES string of the molecule is CC(CCO)CNC(=O)c1ccc2c(c1)CCC(=O)N2. The molecule has 1 aromatic carbocycles. The lowest BCUT2D eigenvalue weighted by Crippen LogP contribution is -2.29. The van der Waals surface area contributed by atoms with Crippen molar-refractivity contribution in [1.29, 1.82) is 0 Å². The van der Waals surface area contributed by atoms with Gasteiger partial charge in [-0.15, -0.1) is 0 Å². The summed E-state index contributed by atoms with van der Waals surface area (Å²) in [6, 6.07) is 5.33. The molecule has 2 rings (SSSR count). The van der Waals surface area contributed by atoms with Crippen LogP contribution in [0.5, 0.6) is 0 Å². The summed E-state index contributed by atoms with van der Waals surface area (Å²) in [7, 11) is 0. The molecule has 1 aliphatic rings. The van der Waals surface area contributed by atoms with Gasteiger partial charge in [0.2, 0.25) is 5.91 Å². The summed E-state index contributed by atoms with van der Waals surface area (Å²) in [5.74, 6) is 0.155. The Morgan fingerprint density at radius 1 is 1.45 bits per heavy atom. The number of carbonyl (C=O) groups excluding carboxylic acids is 2.